The summed E-state index contributed by atoms with van der Waals surface area (Å²) >= 11 is 0. The van der Waals surface area contributed by atoms with E-state index in [0.29, 0.717) is 6.04 Å². The van der Waals surface area contributed by atoms with Crippen LogP contribution in [0.25, 0.3) is 23.3 Å². The molecule has 2 aliphatic rings. The van der Waals surface area contributed by atoms with Crippen molar-refractivity contribution in [1.82, 2.24) is 0 Å². The highest BCUT2D eigenvalue weighted by atomic mass is 15.2. The monoisotopic (exact) mass is 456 g/mol. The summed E-state index contributed by atoms with van der Waals surface area (Å²) < 4.78 is 0. The van der Waals surface area contributed by atoms with Gasteiger partial charge in [0.05, 0.1) is 0 Å². The molecule has 0 spiro atoms. The zero-order valence-corrected chi connectivity index (χ0v) is 20.8. The fraction of sp³-hybridized carbons (Fsp3) is 0.212. The SMILES string of the molecule is CCN1c2ccccc2C=Cc2ccc(-c3ccc4c(c3)CCc3ccccc3N4C(C)C)cc21. The number of para-hydroxylation sites is 2. The van der Waals surface area contributed by atoms with Gasteiger partial charge in [-0.25, -0.2) is 0 Å². The highest BCUT2D eigenvalue weighted by Crippen LogP contribution is 2.41. The Balaban J connectivity index is 1.43. The van der Waals surface area contributed by atoms with E-state index in [9.17, 15) is 0 Å². The third-order valence-corrected chi connectivity index (χ3v) is 7.41. The van der Waals surface area contributed by atoms with E-state index >= 15 is 0 Å². The van der Waals surface area contributed by atoms with E-state index in [0.717, 1.165) is 19.4 Å². The van der Waals surface area contributed by atoms with Crippen LogP contribution in [0.3, 0.4) is 0 Å². The van der Waals surface area contributed by atoms with Gasteiger partial charge in [0.1, 0.15) is 0 Å². The lowest BCUT2D eigenvalue weighted by atomic mass is 9.97. The molecule has 0 amide bonds. The van der Waals surface area contributed by atoms with E-state index in [2.05, 4.69) is 128 Å². The van der Waals surface area contributed by atoms with Crippen LogP contribution in [-0.2, 0) is 12.8 Å². The van der Waals surface area contributed by atoms with Gasteiger partial charge in [0, 0.05) is 35.3 Å². The minimum atomic E-state index is 0.399. The molecule has 2 heterocycles. The standard InChI is InChI=1S/C33H32N2/c1-4-34-30-11-7-5-9-24(30)13-14-26-15-17-28(22-33(26)34)27-19-20-32-29(21-27)18-16-25-10-6-8-12-31(25)35(32)23(2)3/h5-15,17,19-23H,4,16,18H2,1-3H3. The minimum absolute atomic E-state index is 0.399. The van der Waals surface area contributed by atoms with Crippen LogP contribution in [0.4, 0.5) is 22.7 Å². The molecule has 0 N–H and O–H groups in total. The van der Waals surface area contributed by atoms with Gasteiger partial charge in [0.25, 0.3) is 0 Å². The molecule has 2 heteroatoms. The molecule has 0 saturated carbocycles. The Hall–Kier alpha value is -3.78. The van der Waals surface area contributed by atoms with Gasteiger partial charge in [0.2, 0.25) is 0 Å². The minimum Gasteiger partial charge on any atom is -0.341 e. The Morgan fingerprint density at radius 2 is 1.26 bits per heavy atom. The number of hydrogen-bond donors (Lipinski definition) is 0. The number of rotatable bonds is 3. The van der Waals surface area contributed by atoms with Crippen molar-refractivity contribution in [1.29, 1.82) is 0 Å². The molecule has 0 aromatic heterocycles. The Bertz CT molecular complexity index is 1430. The van der Waals surface area contributed by atoms with Gasteiger partial charge in [-0.1, -0.05) is 66.7 Å². The Morgan fingerprint density at radius 3 is 2.06 bits per heavy atom. The number of fused-ring (bicyclic) bond motifs is 4. The first-order valence-electron chi connectivity index (χ1n) is 12.8. The number of anilines is 4. The predicted octanol–water partition coefficient (Wildman–Crippen LogP) is 8.64. The average molecular weight is 457 g/mol. The third-order valence-electron chi connectivity index (χ3n) is 7.41. The molecule has 0 radical (unpaired) electrons. The molecule has 0 unspecified atom stereocenters. The lowest BCUT2D eigenvalue weighted by Gasteiger charge is -2.31. The van der Waals surface area contributed by atoms with Crippen molar-refractivity contribution in [2.75, 3.05) is 16.3 Å². The highest BCUT2D eigenvalue weighted by Gasteiger charge is 2.23. The maximum Gasteiger partial charge on any atom is 0.0490 e. The molecule has 2 aliphatic heterocycles. The third kappa shape index (κ3) is 3.74. The van der Waals surface area contributed by atoms with Gasteiger partial charge in [0.15, 0.2) is 0 Å². The van der Waals surface area contributed by atoms with Crippen LogP contribution in [0.1, 0.15) is 43.0 Å². The zero-order valence-electron chi connectivity index (χ0n) is 20.8. The average Bonchev–Trinajstić information content (AvgIpc) is 3.15. The van der Waals surface area contributed by atoms with Crippen molar-refractivity contribution in [3.05, 3.63) is 107 Å². The highest BCUT2D eigenvalue weighted by molar-refractivity contribution is 5.90. The topological polar surface area (TPSA) is 6.48 Å². The summed E-state index contributed by atoms with van der Waals surface area (Å²) in [4.78, 5) is 4.95. The molecule has 0 bridgehead atoms. The second kappa shape index (κ2) is 8.78. The largest absolute Gasteiger partial charge is 0.341 e. The lowest BCUT2D eigenvalue weighted by molar-refractivity contribution is 0.787. The fourth-order valence-corrected chi connectivity index (χ4v) is 5.74. The molecule has 0 fully saturated rings. The number of hydrogen-bond acceptors (Lipinski definition) is 2. The molecular formula is C33H32N2. The maximum atomic E-state index is 2.51. The van der Waals surface area contributed by atoms with Crippen molar-refractivity contribution in [3.63, 3.8) is 0 Å². The fourth-order valence-electron chi connectivity index (χ4n) is 5.74. The van der Waals surface area contributed by atoms with Crippen LogP contribution in [-0.4, -0.2) is 12.6 Å². The van der Waals surface area contributed by atoms with Crippen molar-refractivity contribution in [2.24, 2.45) is 0 Å². The van der Waals surface area contributed by atoms with E-state index in [4.69, 9.17) is 0 Å². The Kier molecular flexibility index (Phi) is 5.45. The van der Waals surface area contributed by atoms with E-state index in [1.807, 2.05) is 0 Å². The van der Waals surface area contributed by atoms with Gasteiger partial charge >= 0.3 is 0 Å². The number of nitrogens with zero attached hydrogens (tertiary/aromatic N) is 2. The summed E-state index contributed by atoms with van der Waals surface area (Å²) in [6.07, 6.45) is 6.63. The van der Waals surface area contributed by atoms with Gasteiger partial charge in [-0.05, 0) is 97.3 Å². The van der Waals surface area contributed by atoms with E-state index in [1.165, 1.54) is 56.1 Å². The molecule has 4 aromatic carbocycles. The Labute approximate surface area is 209 Å². The van der Waals surface area contributed by atoms with Crippen LogP contribution < -0.4 is 9.80 Å². The molecule has 0 aliphatic carbocycles. The maximum absolute atomic E-state index is 2.51. The molecular weight excluding hydrogens is 424 g/mol. The summed E-state index contributed by atoms with van der Waals surface area (Å²) in [6.45, 7) is 7.74. The van der Waals surface area contributed by atoms with Crippen molar-refractivity contribution in [2.45, 2.75) is 39.7 Å². The van der Waals surface area contributed by atoms with Gasteiger partial charge in [-0.15, -0.1) is 0 Å². The predicted molar refractivity (Wildman–Crippen MR) is 151 cm³/mol. The summed E-state index contributed by atoms with van der Waals surface area (Å²) in [5.74, 6) is 0. The second-order valence-corrected chi connectivity index (χ2v) is 9.85. The first-order chi connectivity index (χ1) is 17.1. The Morgan fingerprint density at radius 1 is 0.629 bits per heavy atom. The van der Waals surface area contributed by atoms with E-state index in [-0.39, 0.29) is 0 Å². The van der Waals surface area contributed by atoms with E-state index < -0.39 is 0 Å². The quantitative estimate of drug-likeness (QED) is 0.304. The zero-order chi connectivity index (χ0) is 23.9. The first-order valence-corrected chi connectivity index (χ1v) is 12.8. The van der Waals surface area contributed by atoms with Crippen LogP contribution >= 0.6 is 0 Å². The smallest absolute Gasteiger partial charge is 0.0490 e. The molecule has 174 valence electrons. The molecule has 4 aromatic rings. The van der Waals surface area contributed by atoms with E-state index in [1.54, 1.807) is 0 Å². The summed E-state index contributed by atoms with van der Waals surface area (Å²) in [5.41, 5.74) is 13.2. The van der Waals surface area contributed by atoms with Crippen molar-refractivity contribution in [3.8, 4) is 11.1 Å². The van der Waals surface area contributed by atoms with Crippen LogP contribution in [0.5, 0.6) is 0 Å². The van der Waals surface area contributed by atoms with Crippen LogP contribution in [0.15, 0.2) is 84.9 Å². The summed E-state index contributed by atoms with van der Waals surface area (Å²) in [5, 5.41) is 0. The molecule has 2 nitrogen and oxygen atoms in total. The normalized spacial score (nSPS) is 14.1. The second-order valence-electron chi connectivity index (χ2n) is 9.85. The number of benzene rings is 4. The molecule has 0 saturated heterocycles. The van der Waals surface area contributed by atoms with Crippen LogP contribution in [0, 0.1) is 0 Å². The lowest BCUT2D eigenvalue weighted by Crippen LogP contribution is -2.26. The van der Waals surface area contributed by atoms with Crippen LogP contribution in [0.2, 0.25) is 0 Å². The van der Waals surface area contributed by atoms with Gasteiger partial charge < -0.3 is 9.80 Å². The molecule has 35 heavy (non-hydrogen) atoms. The van der Waals surface area contributed by atoms with Gasteiger partial charge in [-0.3, -0.25) is 0 Å². The van der Waals surface area contributed by atoms with Crippen molar-refractivity contribution < 1.29 is 0 Å². The van der Waals surface area contributed by atoms with Gasteiger partial charge in [-0.2, -0.15) is 0 Å². The summed E-state index contributed by atoms with van der Waals surface area (Å²) in [6, 6.07) is 32.0. The summed E-state index contributed by atoms with van der Waals surface area (Å²) in [7, 11) is 0. The number of aryl methyl sites for hydroxylation is 2. The molecule has 6 rings (SSSR count). The molecule has 0 atom stereocenters. The first kappa shape index (κ1) is 21.7. The van der Waals surface area contributed by atoms with Crippen molar-refractivity contribution >= 4 is 34.9 Å².